The van der Waals surface area contributed by atoms with Gasteiger partial charge in [0, 0.05) is 30.7 Å². The molecule has 0 aromatic carbocycles. The summed E-state index contributed by atoms with van der Waals surface area (Å²) in [7, 11) is 0. The number of nitrogens with one attached hydrogen (secondary N) is 1. The summed E-state index contributed by atoms with van der Waals surface area (Å²) in [4.78, 5) is 20.6. The molecule has 0 saturated carbocycles. The van der Waals surface area contributed by atoms with Crippen molar-refractivity contribution in [3.8, 4) is 0 Å². The van der Waals surface area contributed by atoms with E-state index in [1.807, 2.05) is 19.9 Å². The number of aryl methyl sites for hydroxylation is 3. The molecule has 0 radical (unpaired) electrons. The van der Waals surface area contributed by atoms with Gasteiger partial charge in [0.2, 0.25) is 5.91 Å². The number of carbonyl (C=O) groups excluding carboxylic acids is 1. The molecule has 8 nitrogen and oxygen atoms in total. The van der Waals surface area contributed by atoms with Crippen molar-refractivity contribution in [2.45, 2.75) is 33.2 Å². The Hall–Kier alpha value is -2.48. The first kappa shape index (κ1) is 16.4. The van der Waals surface area contributed by atoms with Crippen LogP contribution in [0.1, 0.15) is 23.6 Å². The predicted molar refractivity (Wildman–Crippen MR) is 88.8 cm³/mol. The van der Waals surface area contributed by atoms with E-state index in [1.165, 1.54) is 0 Å². The quantitative estimate of drug-likeness (QED) is 0.679. The van der Waals surface area contributed by atoms with E-state index in [1.54, 1.807) is 21.6 Å². The fourth-order valence-electron chi connectivity index (χ4n) is 2.42. The van der Waals surface area contributed by atoms with Crippen LogP contribution >= 0.6 is 11.6 Å². The largest absolute Gasteiger partial charge is 0.356 e. The van der Waals surface area contributed by atoms with E-state index >= 15 is 0 Å². The van der Waals surface area contributed by atoms with Crippen LogP contribution in [0.25, 0.3) is 5.78 Å². The molecule has 0 fully saturated rings. The molecular formula is C15H18ClN7O. The number of aromatic nitrogens is 6. The van der Waals surface area contributed by atoms with E-state index < -0.39 is 0 Å². The highest BCUT2D eigenvalue weighted by Gasteiger charge is 2.11. The zero-order valence-electron chi connectivity index (χ0n) is 13.5. The molecule has 1 N–H and O–H groups in total. The number of hydrogen-bond donors (Lipinski definition) is 1. The Morgan fingerprint density at radius 3 is 2.92 bits per heavy atom. The molecule has 0 spiro atoms. The highest BCUT2D eigenvalue weighted by molar-refractivity contribution is 6.30. The van der Waals surface area contributed by atoms with Crippen LogP contribution in [0.15, 0.2) is 18.5 Å². The van der Waals surface area contributed by atoms with Crippen LogP contribution < -0.4 is 5.32 Å². The molecule has 0 aliphatic carbocycles. The molecule has 0 saturated heterocycles. The van der Waals surface area contributed by atoms with Gasteiger partial charge in [0.25, 0.3) is 5.78 Å². The summed E-state index contributed by atoms with van der Waals surface area (Å²) in [5.74, 6) is 0.872. The first-order valence-corrected chi connectivity index (χ1v) is 8.03. The van der Waals surface area contributed by atoms with Crippen LogP contribution in [0.4, 0.5) is 0 Å². The third-order valence-electron chi connectivity index (χ3n) is 3.47. The van der Waals surface area contributed by atoms with Crippen LogP contribution in [0.2, 0.25) is 5.02 Å². The Balaban J connectivity index is 1.50. The summed E-state index contributed by atoms with van der Waals surface area (Å²) in [6, 6.07) is 1.92. The zero-order valence-corrected chi connectivity index (χ0v) is 14.3. The molecule has 24 heavy (non-hydrogen) atoms. The number of amides is 1. The average molecular weight is 348 g/mol. The summed E-state index contributed by atoms with van der Waals surface area (Å²) in [6.45, 7) is 5.09. The van der Waals surface area contributed by atoms with Crippen molar-refractivity contribution in [3.63, 3.8) is 0 Å². The van der Waals surface area contributed by atoms with Crippen molar-refractivity contribution in [1.82, 2.24) is 34.7 Å². The first-order chi connectivity index (χ1) is 11.5. The molecule has 0 atom stereocenters. The third-order valence-corrected chi connectivity index (χ3v) is 3.66. The summed E-state index contributed by atoms with van der Waals surface area (Å²) < 4.78 is 3.39. The SMILES string of the molecule is Cc1cc(C)n2nc(CC(=O)NCCCn3cc(Cl)cn3)nc2n1. The molecule has 3 heterocycles. The lowest BCUT2D eigenvalue weighted by Gasteiger charge is -2.04. The number of halogens is 1. The van der Waals surface area contributed by atoms with E-state index in [2.05, 4.69) is 25.5 Å². The Morgan fingerprint density at radius 1 is 1.33 bits per heavy atom. The van der Waals surface area contributed by atoms with Crippen molar-refractivity contribution in [2.75, 3.05) is 6.54 Å². The van der Waals surface area contributed by atoms with Crippen molar-refractivity contribution in [2.24, 2.45) is 0 Å². The molecular weight excluding hydrogens is 330 g/mol. The van der Waals surface area contributed by atoms with E-state index in [-0.39, 0.29) is 12.3 Å². The summed E-state index contributed by atoms with van der Waals surface area (Å²) in [6.07, 6.45) is 4.24. The fraction of sp³-hybridized carbons (Fsp3) is 0.400. The first-order valence-electron chi connectivity index (χ1n) is 7.66. The van der Waals surface area contributed by atoms with Gasteiger partial charge >= 0.3 is 0 Å². The molecule has 3 rings (SSSR count). The molecule has 0 bridgehead atoms. The number of fused-ring (bicyclic) bond motifs is 1. The standard InChI is InChI=1S/C15H18ClN7O/c1-10-6-11(2)23-15(19-10)20-13(21-23)7-14(24)17-4-3-5-22-9-12(16)8-18-22/h6,8-9H,3-5,7H2,1-2H3,(H,17,24). The normalized spacial score (nSPS) is 11.1. The van der Waals surface area contributed by atoms with Gasteiger partial charge in [0.05, 0.1) is 17.6 Å². The lowest BCUT2D eigenvalue weighted by molar-refractivity contribution is -0.120. The second kappa shape index (κ2) is 6.96. The highest BCUT2D eigenvalue weighted by Crippen LogP contribution is 2.06. The smallest absolute Gasteiger partial charge is 0.252 e. The Kier molecular flexibility index (Phi) is 4.75. The summed E-state index contributed by atoms with van der Waals surface area (Å²) in [5.41, 5.74) is 1.82. The maximum atomic E-state index is 12.0. The minimum Gasteiger partial charge on any atom is -0.356 e. The van der Waals surface area contributed by atoms with Gasteiger partial charge in [-0.2, -0.15) is 10.1 Å². The van der Waals surface area contributed by atoms with Crippen LogP contribution in [-0.2, 0) is 17.8 Å². The van der Waals surface area contributed by atoms with Crippen molar-refractivity contribution in [3.05, 3.63) is 40.7 Å². The molecule has 0 aliphatic heterocycles. The predicted octanol–water partition coefficient (Wildman–Crippen LogP) is 1.34. The second-order valence-corrected chi connectivity index (χ2v) is 6.02. The van der Waals surface area contributed by atoms with Gasteiger partial charge in [0.15, 0.2) is 5.82 Å². The molecule has 3 aromatic rings. The van der Waals surface area contributed by atoms with Crippen LogP contribution in [0.5, 0.6) is 0 Å². The molecule has 1 amide bonds. The number of hydrogen-bond acceptors (Lipinski definition) is 5. The molecule has 9 heteroatoms. The van der Waals surface area contributed by atoms with Gasteiger partial charge in [-0.15, -0.1) is 5.10 Å². The average Bonchev–Trinajstić information content (AvgIpc) is 3.09. The maximum Gasteiger partial charge on any atom is 0.252 e. The fourth-order valence-corrected chi connectivity index (χ4v) is 2.57. The third kappa shape index (κ3) is 3.88. The topological polar surface area (TPSA) is 90.0 Å². The van der Waals surface area contributed by atoms with Gasteiger partial charge in [-0.3, -0.25) is 9.48 Å². The highest BCUT2D eigenvalue weighted by atomic mass is 35.5. The summed E-state index contributed by atoms with van der Waals surface area (Å²) in [5, 5.41) is 11.9. The Labute approximate surface area is 143 Å². The molecule has 126 valence electrons. The Morgan fingerprint density at radius 2 is 2.17 bits per heavy atom. The van der Waals surface area contributed by atoms with Gasteiger partial charge in [-0.1, -0.05) is 11.6 Å². The van der Waals surface area contributed by atoms with Crippen LogP contribution in [0.3, 0.4) is 0 Å². The lowest BCUT2D eigenvalue weighted by Crippen LogP contribution is -2.27. The lowest BCUT2D eigenvalue weighted by atomic mass is 10.3. The van der Waals surface area contributed by atoms with Gasteiger partial charge in [-0.25, -0.2) is 9.50 Å². The minimum absolute atomic E-state index is 0.112. The molecule has 3 aromatic heterocycles. The molecule has 0 unspecified atom stereocenters. The second-order valence-electron chi connectivity index (χ2n) is 5.58. The van der Waals surface area contributed by atoms with Gasteiger partial charge in [-0.05, 0) is 26.3 Å². The monoisotopic (exact) mass is 347 g/mol. The van der Waals surface area contributed by atoms with E-state index in [4.69, 9.17) is 11.6 Å². The minimum atomic E-state index is -0.112. The van der Waals surface area contributed by atoms with E-state index in [0.717, 1.165) is 17.8 Å². The van der Waals surface area contributed by atoms with Gasteiger partial charge < -0.3 is 5.32 Å². The Bertz CT molecular complexity index is 870. The van der Waals surface area contributed by atoms with Gasteiger partial charge in [0.1, 0.15) is 0 Å². The zero-order chi connectivity index (χ0) is 17.1. The van der Waals surface area contributed by atoms with E-state index in [9.17, 15) is 4.79 Å². The van der Waals surface area contributed by atoms with Crippen molar-refractivity contribution < 1.29 is 4.79 Å². The number of rotatable bonds is 6. The van der Waals surface area contributed by atoms with Crippen molar-refractivity contribution in [1.29, 1.82) is 0 Å². The molecule has 0 aliphatic rings. The summed E-state index contributed by atoms with van der Waals surface area (Å²) >= 11 is 5.79. The maximum absolute atomic E-state index is 12.0. The van der Waals surface area contributed by atoms with Crippen LogP contribution in [-0.4, -0.2) is 41.8 Å². The van der Waals surface area contributed by atoms with Crippen molar-refractivity contribution >= 4 is 23.3 Å². The number of carbonyl (C=O) groups is 1. The van der Waals surface area contributed by atoms with Crippen LogP contribution in [0, 0.1) is 13.8 Å². The number of nitrogens with zero attached hydrogens (tertiary/aromatic N) is 6. The van der Waals surface area contributed by atoms with E-state index in [0.29, 0.717) is 29.7 Å².